The minimum atomic E-state index is -3.92. The van der Waals surface area contributed by atoms with Crippen LogP contribution in [0.4, 0.5) is 14.9 Å². The maximum absolute atomic E-state index is 13.5. The van der Waals surface area contributed by atoms with E-state index in [1.54, 1.807) is 41.3 Å². The first-order chi connectivity index (χ1) is 15.8. The van der Waals surface area contributed by atoms with E-state index in [2.05, 4.69) is 10.6 Å². The Hall–Kier alpha value is -3.72. The molecule has 0 spiro atoms. The van der Waals surface area contributed by atoms with Gasteiger partial charge in [-0.25, -0.2) is 17.6 Å². The molecule has 33 heavy (non-hydrogen) atoms. The molecule has 3 aromatic rings. The number of sulfone groups is 1. The second-order valence-corrected chi connectivity index (χ2v) is 10.0. The van der Waals surface area contributed by atoms with Gasteiger partial charge in [0.1, 0.15) is 5.82 Å². The van der Waals surface area contributed by atoms with E-state index < -0.39 is 33.1 Å². The van der Waals surface area contributed by atoms with Crippen molar-refractivity contribution in [2.45, 2.75) is 22.7 Å². The van der Waals surface area contributed by atoms with Gasteiger partial charge < -0.3 is 15.5 Å². The number of hydrogen-bond acceptors (Lipinski definition) is 4. The number of carbonyl (C=O) groups is 2. The zero-order valence-electron chi connectivity index (χ0n) is 17.4. The highest BCUT2D eigenvalue weighted by molar-refractivity contribution is 7.92. The molecular formula is C24H20FN3O4S. The summed E-state index contributed by atoms with van der Waals surface area (Å²) in [5.74, 6) is -0.703. The Bertz CT molecular complexity index is 1340. The van der Waals surface area contributed by atoms with Crippen LogP contribution in [0.15, 0.2) is 77.7 Å². The minimum Gasteiger partial charge on any atom is -0.328 e. The fourth-order valence-electron chi connectivity index (χ4n) is 4.31. The Morgan fingerprint density at radius 2 is 1.70 bits per heavy atom. The van der Waals surface area contributed by atoms with E-state index in [-0.39, 0.29) is 10.8 Å². The van der Waals surface area contributed by atoms with Crippen molar-refractivity contribution < 1.29 is 22.4 Å². The lowest BCUT2D eigenvalue weighted by Crippen LogP contribution is -2.36. The molecule has 9 heteroatoms. The highest BCUT2D eigenvalue weighted by atomic mass is 32.2. The molecule has 0 saturated carbocycles. The Labute approximate surface area is 190 Å². The number of fused-ring (bicyclic) bond motifs is 1. The van der Waals surface area contributed by atoms with Crippen molar-refractivity contribution in [3.05, 3.63) is 95.3 Å². The SMILES string of the molecule is O=C1NC(c2ccccc2)C(S(=O)(=O)c2ccc3c(c2)CCN3C(=O)c2ccc(F)cc2)N1. The van der Waals surface area contributed by atoms with Gasteiger partial charge in [0.2, 0.25) is 9.84 Å². The largest absolute Gasteiger partial charge is 0.328 e. The van der Waals surface area contributed by atoms with Gasteiger partial charge in [0.15, 0.2) is 5.37 Å². The van der Waals surface area contributed by atoms with Crippen molar-refractivity contribution in [2.75, 3.05) is 11.4 Å². The lowest BCUT2D eigenvalue weighted by Gasteiger charge is -2.20. The number of nitrogens with zero attached hydrogens (tertiary/aromatic N) is 1. The molecule has 3 amide bonds. The molecule has 168 valence electrons. The first-order valence-corrected chi connectivity index (χ1v) is 12.0. The van der Waals surface area contributed by atoms with Crippen LogP contribution >= 0.6 is 0 Å². The fraction of sp³-hybridized carbons (Fsp3) is 0.167. The van der Waals surface area contributed by atoms with Crippen molar-refractivity contribution >= 4 is 27.5 Å². The molecule has 2 heterocycles. The molecule has 7 nitrogen and oxygen atoms in total. The maximum atomic E-state index is 13.5. The molecule has 2 aliphatic heterocycles. The molecule has 2 N–H and O–H groups in total. The van der Waals surface area contributed by atoms with E-state index in [1.807, 2.05) is 6.07 Å². The monoisotopic (exact) mass is 465 g/mol. The molecule has 0 radical (unpaired) electrons. The maximum Gasteiger partial charge on any atom is 0.316 e. The van der Waals surface area contributed by atoms with Gasteiger partial charge in [-0.15, -0.1) is 0 Å². The third-order valence-electron chi connectivity index (χ3n) is 5.97. The van der Waals surface area contributed by atoms with E-state index >= 15 is 0 Å². The molecule has 2 aliphatic rings. The fourth-order valence-corrected chi connectivity index (χ4v) is 6.01. The highest BCUT2D eigenvalue weighted by Crippen LogP contribution is 2.34. The summed E-state index contributed by atoms with van der Waals surface area (Å²) < 4.78 is 40.1. The summed E-state index contributed by atoms with van der Waals surface area (Å²) in [6.45, 7) is 0.392. The van der Waals surface area contributed by atoms with Gasteiger partial charge in [-0.05, 0) is 60.0 Å². The lowest BCUT2D eigenvalue weighted by atomic mass is 10.1. The zero-order valence-corrected chi connectivity index (χ0v) is 18.2. The van der Waals surface area contributed by atoms with Crippen LogP contribution < -0.4 is 15.5 Å². The van der Waals surface area contributed by atoms with E-state index in [0.717, 1.165) is 5.56 Å². The lowest BCUT2D eigenvalue weighted by molar-refractivity contribution is 0.0989. The highest BCUT2D eigenvalue weighted by Gasteiger charge is 2.43. The quantitative estimate of drug-likeness (QED) is 0.619. The molecule has 0 bridgehead atoms. The Morgan fingerprint density at radius 1 is 0.970 bits per heavy atom. The van der Waals surface area contributed by atoms with Gasteiger partial charge in [-0.1, -0.05) is 30.3 Å². The number of anilines is 1. The topological polar surface area (TPSA) is 95.6 Å². The van der Waals surface area contributed by atoms with Crippen molar-refractivity contribution in [3.63, 3.8) is 0 Å². The van der Waals surface area contributed by atoms with Crippen LogP contribution in [-0.2, 0) is 16.3 Å². The summed E-state index contributed by atoms with van der Waals surface area (Å²) >= 11 is 0. The minimum absolute atomic E-state index is 0.0762. The molecule has 2 unspecified atom stereocenters. The molecule has 2 atom stereocenters. The molecule has 3 aromatic carbocycles. The normalized spacial score (nSPS) is 19.7. The molecule has 1 fully saturated rings. The summed E-state index contributed by atoms with van der Waals surface area (Å²) in [7, 11) is -3.92. The average Bonchev–Trinajstić information content (AvgIpc) is 3.43. The molecule has 1 saturated heterocycles. The van der Waals surface area contributed by atoms with Crippen LogP contribution in [0.2, 0.25) is 0 Å². The van der Waals surface area contributed by atoms with Crippen molar-refractivity contribution in [1.82, 2.24) is 10.6 Å². The number of hydrogen-bond donors (Lipinski definition) is 2. The standard InChI is InChI=1S/C24H20FN3O4S/c25-18-8-6-16(7-9-18)23(29)28-13-12-17-14-19(10-11-20(17)28)33(31,32)22-21(26-24(30)27-22)15-4-2-1-3-5-15/h1-11,14,21-22H,12-13H2,(H2,26,27,30). The summed E-state index contributed by atoms with van der Waals surface area (Å²) in [6.07, 6.45) is 0.489. The Kier molecular flexibility index (Phi) is 5.13. The molecular weight excluding hydrogens is 445 g/mol. The predicted octanol–water partition coefficient (Wildman–Crippen LogP) is 3.18. The summed E-state index contributed by atoms with van der Waals surface area (Å²) in [5, 5.41) is 4.05. The zero-order chi connectivity index (χ0) is 23.2. The predicted molar refractivity (Wildman–Crippen MR) is 120 cm³/mol. The van der Waals surface area contributed by atoms with Gasteiger partial charge >= 0.3 is 6.03 Å². The third-order valence-corrected chi connectivity index (χ3v) is 7.94. The second kappa shape index (κ2) is 8.00. The van der Waals surface area contributed by atoms with Gasteiger partial charge in [-0.3, -0.25) is 4.79 Å². The van der Waals surface area contributed by atoms with Crippen LogP contribution in [-0.4, -0.2) is 32.3 Å². The van der Waals surface area contributed by atoms with Gasteiger partial charge in [0, 0.05) is 17.8 Å². The Morgan fingerprint density at radius 3 is 2.42 bits per heavy atom. The van der Waals surface area contributed by atoms with Gasteiger partial charge in [-0.2, -0.15) is 0 Å². The number of nitrogens with one attached hydrogen (secondary N) is 2. The number of amides is 3. The number of benzene rings is 3. The number of rotatable bonds is 4. The average molecular weight is 466 g/mol. The van der Waals surface area contributed by atoms with Gasteiger partial charge in [0.05, 0.1) is 10.9 Å². The summed E-state index contributed by atoms with van der Waals surface area (Å²) in [6, 6.07) is 17.6. The first-order valence-electron chi connectivity index (χ1n) is 10.4. The van der Waals surface area contributed by atoms with Crippen LogP contribution in [0, 0.1) is 5.82 Å². The Balaban J connectivity index is 1.45. The molecule has 5 rings (SSSR count). The van der Waals surface area contributed by atoms with Crippen LogP contribution in [0.1, 0.15) is 27.5 Å². The number of halogens is 1. The number of urea groups is 1. The van der Waals surface area contributed by atoms with Crippen LogP contribution in [0.3, 0.4) is 0 Å². The second-order valence-electron chi connectivity index (χ2n) is 7.98. The number of carbonyl (C=O) groups excluding carboxylic acids is 2. The van der Waals surface area contributed by atoms with Gasteiger partial charge in [0.25, 0.3) is 5.91 Å². The van der Waals surface area contributed by atoms with Crippen molar-refractivity contribution in [1.29, 1.82) is 0 Å². The first kappa shape index (κ1) is 21.1. The summed E-state index contributed by atoms with van der Waals surface area (Å²) in [5.41, 5.74) is 2.38. The molecule has 0 aliphatic carbocycles. The smallest absolute Gasteiger partial charge is 0.316 e. The van der Waals surface area contributed by atoms with E-state index in [9.17, 15) is 22.4 Å². The molecule has 0 aromatic heterocycles. The van der Waals surface area contributed by atoms with Crippen LogP contribution in [0.25, 0.3) is 0 Å². The van der Waals surface area contributed by atoms with E-state index in [1.165, 1.54) is 30.3 Å². The van der Waals surface area contributed by atoms with E-state index in [4.69, 9.17) is 0 Å². The summed E-state index contributed by atoms with van der Waals surface area (Å²) in [4.78, 5) is 26.5. The van der Waals surface area contributed by atoms with Crippen molar-refractivity contribution in [2.24, 2.45) is 0 Å². The third kappa shape index (κ3) is 3.74. The van der Waals surface area contributed by atoms with Crippen LogP contribution in [0.5, 0.6) is 0 Å². The van der Waals surface area contributed by atoms with Crippen molar-refractivity contribution in [3.8, 4) is 0 Å². The van der Waals surface area contributed by atoms with E-state index in [0.29, 0.717) is 29.8 Å².